The average Bonchev–Trinajstić information content (AvgIpc) is 3.11. The van der Waals surface area contributed by atoms with Gasteiger partial charge in [-0.2, -0.15) is 5.10 Å². The van der Waals surface area contributed by atoms with E-state index >= 15 is 0 Å². The van der Waals surface area contributed by atoms with E-state index < -0.39 is 0 Å². The number of aromatic nitrogens is 2. The zero-order chi connectivity index (χ0) is 19.4. The number of rotatable bonds is 6. The van der Waals surface area contributed by atoms with E-state index in [4.69, 9.17) is 11.6 Å². The molecule has 0 aliphatic carbocycles. The first-order valence-corrected chi connectivity index (χ1v) is 10.2. The Bertz CT molecular complexity index is 782. The lowest BCUT2D eigenvalue weighted by molar-refractivity contribution is 0.0688. The molecule has 0 spiro atoms. The fourth-order valence-electron chi connectivity index (χ4n) is 3.75. The van der Waals surface area contributed by atoms with Crippen molar-refractivity contribution in [2.24, 2.45) is 5.92 Å². The van der Waals surface area contributed by atoms with Crippen molar-refractivity contribution in [1.29, 1.82) is 0 Å². The molecule has 154 valence electrons. The van der Waals surface area contributed by atoms with Gasteiger partial charge < -0.3 is 10.2 Å². The topological polar surface area (TPSA) is 50.2 Å². The van der Waals surface area contributed by atoms with Crippen molar-refractivity contribution in [3.8, 4) is 5.69 Å². The summed E-state index contributed by atoms with van der Waals surface area (Å²) in [5.74, 6) is 0.929. The lowest BCUT2D eigenvalue weighted by atomic mass is 9.96. The van der Waals surface area contributed by atoms with E-state index in [0.29, 0.717) is 16.5 Å². The maximum absolute atomic E-state index is 13.2. The molecule has 2 aromatic rings. The van der Waals surface area contributed by atoms with E-state index in [9.17, 15) is 4.79 Å². The summed E-state index contributed by atoms with van der Waals surface area (Å²) < 4.78 is 1.85. The zero-order valence-corrected chi connectivity index (χ0v) is 18.4. The summed E-state index contributed by atoms with van der Waals surface area (Å²) in [4.78, 5) is 15.2. The van der Waals surface area contributed by atoms with Crippen LogP contribution in [0.15, 0.2) is 30.5 Å². The van der Waals surface area contributed by atoms with Gasteiger partial charge in [0.25, 0.3) is 5.91 Å². The molecular weight excluding hydrogens is 395 g/mol. The number of halogens is 2. The van der Waals surface area contributed by atoms with Crippen molar-refractivity contribution in [2.45, 2.75) is 39.5 Å². The first-order chi connectivity index (χ1) is 13.0. The second-order valence-electron chi connectivity index (χ2n) is 7.53. The normalized spacial score (nSPS) is 15.0. The van der Waals surface area contributed by atoms with E-state index in [1.165, 1.54) is 0 Å². The Morgan fingerprint density at radius 1 is 1.32 bits per heavy atom. The Morgan fingerprint density at radius 2 is 2.04 bits per heavy atom. The van der Waals surface area contributed by atoms with Gasteiger partial charge in [-0.1, -0.05) is 38.4 Å². The van der Waals surface area contributed by atoms with Crippen molar-refractivity contribution in [2.75, 3.05) is 26.2 Å². The van der Waals surface area contributed by atoms with E-state index in [2.05, 4.69) is 31.2 Å². The Balaban J connectivity index is 0.00000280. The van der Waals surface area contributed by atoms with Gasteiger partial charge >= 0.3 is 0 Å². The molecule has 0 unspecified atom stereocenters. The molecule has 1 N–H and O–H groups in total. The SMILES string of the molecule is CCNCC1CCN(C(=O)c2cnn(-c3cccc(Cl)c3)c2C(C)C)CC1.Cl. The van der Waals surface area contributed by atoms with Crippen LogP contribution in [0.5, 0.6) is 0 Å². The van der Waals surface area contributed by atoms with Crippen LogP contribution >= 0.6 is 24.0 Å². The van der Waals surface area contributed by atoms with Gasteiger partial charge in [-0.3, -0.25) is 4.79 Å². The number of carbonyl (C=O) groups excluding carboxylic acids is 1. The number of likely N-dealkylation sites (tertiary alicyclic amines) is 1. The summed E-state index contributed by atoms with van der Waals surface area (Å²) in [7, 11) is 0. The van der Waals surface area contributed by atoms with Crippen LogP contribution in [0.1, 0.15) is 55.6 Å². The number of nitrogens with zero attached hydrogens (tertiary/aromatic N) is 3. The Labute approximate surface area is 178 Å². The van der Waals surface area contributed by atoms with Gasteiger partial charge in [-0.15, -0.1) is 12.4 Å². The third-order valence-corrected chi connectivity index (χ3v) is 5.46. The third-order valence-electron chi connectivity index (χ3n) is 5.22. The van der Waals surface area contributed by atoms with Crippen LogP contribution in [0.4, 0.5) is 0 Å². The average molecular weight is 425 g/mol. The number of nitrogens with one attached hydrogen (secondary N) is 1. The molecule has 1 aromatic carbocycles. The van der Waals surface area contributed by atoms with Gasteiger partial charge in [0.05, 0.1) is 23.1 Å². The van der Waals surface area contributed by atoms with Crippen molar-refractivity contribution >= 4 is 29.9 Å². The molecule has 1 fully saturated rings. The minimum atomic E-state index is 0. The Morgan fingerprint density at radius 3 is 2.64 bits per heavy atom. The van der Waals surface area contributed by atoms with Gasteiger partial charge in [0.1, 0.15) is 0 Å². The summed E-state index contributed by atoms with van der Waals surface area (Å²) in [5, 5.41) is 8.60. The third kappa shape index (κ3) is 5.07. The van der Waals surface area contributed by atoms with Crippen LogP contribution in [0.2, 0.25) is 5.02 Å². The molecule has 0 radical (unpaired) electrons. The number of carbonyl (C=O) groups is 1. The fourth-order valence-corrected chi connectivity index (χ4v) is 3.94. The highest BCUT2D eigenvalue weighted by Gasteiger charge is 2.28. The van der Waals surface area contributed by atoms with Crippen LogP contribution in [-0.4, -0.2) is 46.8 Å². The van der Waals surface area contributed by atoms with Gasteiger partial charge in [0.2, 0.25) is 0 Å². The first kappa shape index (κ1) is 22.7. The van der Waals surface area contributed by atoms with Gasteiger partial charge in [-0.25, -0.2) is 4.68 Å². The largest absolute Gasteiger partial charge is 0.339 e. The monoisotopic (exact) mass is 424 g/mol. The predicted octanol–water partition coefficient (Wildman–Crippen LogP) is 4.53. The molecule has 1 aromatic heterocycles. The van der Waals surface area contributed by atoms with Crippen molar-refractivity contribution in [3.63, 3.8) is 0 Å². The Hall–Kier alpha value is -1.56. The zero-order valence-electron chi connectivity index (χ0n) is 16.8. The second-order valence-corrected chi connectivity index (χ2v) is 7.97. The summed E-state index contributed by atoms with van der Waals surface area (Å²) in [5.41, 5.74) is 2.53. The summed E-state index contributed by atoms with van der Waals surface area (Å²) in [6, 6.07) is 7.58. The van der Waals surface area contributed by atoms with Crippen LogP contribution in [-0.2, 0) is 0 Å². The lowest BCUT2D eigenvalue weighted by Crippen LogP contribution is -2.41. The van der Waals surface area contributed by atoms with Gasteiger partial charge in [0, 0.05) is 18.1 Å². The minimum absolute atomic E-state index is 0. The molecule has 0 atom stereocenters. The van der Waals surface area contributed by atoms with E-state index in [0.717, 1.165) is 50.4 Å². The van der Waals surface area contributed by atoms with Gasteiger partial charge in [-0.05, 0) is 56.0 Å². The van der Waals surface area contributed by atoms with Crippen molar-refractivity contribution in [3.05, 3.63) is 46.7 Å². The fraction of sp³-hybridized carbons (Fsp3) is 0.524. The highest BCUT2D eigenvalue weighted by atomic mass is 35.5. The van der Waals surface area contributed by atoms with Crippen molar-refractivity contribution in [1.82, 2.24) is 20.0 Å². The lowest BCUT2D eigenvalue weighted by Gasteiger charge is -2.32. The summed E-state index contributed by atoms with van der Waals surface area (Å²) in [6.07, 6.45) is 3.82. The molecule has 0 bridgehead atoms. The first-order valence-electron chi connectivity index (χ1n) is 9.85. The number of hydrogen-bond acceptors (Lipinski definition) is 3. The molecule has 28 heavy (non-hydrogen) atoms. The molecule has 1 aliphatic rings. The highest BCUT2D eigenvalue weighted by molar-refractivity contribution is 6.30. The molecule has 0 saturated carbocycles. The minimum Gasteiger partial charge on any atom is -0.339 e. The molecule has 5 nitrogen and oxygen atoms in total. The van der Waals surface area contributed by atoms with Gasteiger partial charge in [0.15, 0.2) is 0 Å². The molecule has 1 saturated heterocycles. The number of amides is 1. The quantitative estimate of drug-likeness (QED) is 0.740. The molecule has 1 aliphatic heterocycles. The number of benzene rings is 1. The van der Waals surface area contributed by atoms with Crippen LogP contribution in [0.25, 0.3) is 5.69 Å². The maximum atomic E-state index is 13.2. The number of hydrogen-bond donors (Lipinski definition) is 1. The molecule has 1 amide bonds. The van der Waals surface area contributed by atoms with Crippen LogP contribution < -0.4 is 5.32 Å². The van der Waals surface area contributed by atoms with Crippen molar-refractivity contribution < 1.29 is 4.79 Å². The Kier molecular flexibility index (Phi) is 8.35. The smallest absolute Gasteiger partial charge is 0.257 e. The highest BCUT2D eigenvalue weighted by Crippen LogP contribution is 2.27. The standard InChI is InChI=1S/C21H29ClN4O.ClH/c1-4-23-13-16-8-10-25(11-9-16)21(27)19-14-24-26(20(19)15(2)3)18-7-5-6-17(22)12-18;/h5-7,12,14-16,23H,4,8-11,13H2,1-3H3;1H. The van der Waals surface area contributed by atoms with Crippen LogP contribution in [0.3, 0.4) is 0 Å². The second kappa shape index (κ2) is 10.3. The van der Waals surface area contributed by atoms with E-state index in [1.807, 2.05) is 33.8 Å². The maximum Gasteiger partial charge on any atom is 0.257 e. The molecule has 2 heterocycles. The van der Waals surface area contributed by atoms with E-state index in [-0.39, 0.29) is 24.2 Å². The number of piperidine rings is 1. The van der Waals surface area contributed by atoms with E-state index in [1.54, 1.807) is 6.20 Å². The predicted molar refractivity (Wildman–Crippen MR) is 117 cm³/mol. The summed E-state index contributed by atoms with van der Waals surface area (Å²) >= 11 is 6.15. The molecule has 7 heteroatoms. The molecular formula is C21H30Cl2N4O. The summed E-state index contributed by atoms with van der Waals surface area (Å²) in [6.45, 7) is 9.99. The van der Waals surface area contributed by atoms with Crippen LogP contribution in [0, 0.1) is 5.92 Å². The molecule has 3 rings (SSSR count).